The van der Waals surface area contributed by atoms with Crippen LogP contribution >= 0.6 is 0 Å². The van der Waals surface area contributed by atoms with Crippen molar-refractivity contribution in [3.63, 3.8) is 0 Å². The topological polar surface area (TPSA) is 62.7 Å². The highest BCUT2D eigenvalue weighted by Gasteiger charge is 2.20. The Labute approximate surface area is 88.9 Å². The van der Waals surface area contributed by atoms with Crippen molar-refractivity contribution >= 4 is 0 Å². The van der Waals surface area contributed by atoms with Crippen molar-refractivity contribution in [2.75, 3.05) is 13.1 Å². The predicted octanol–water partition coefficient (Wildman–Crippen LogP) is 0.619. The van der Waals surface area contributed by atoms with E-state index in [1.165, 1.54) is 4.68 Å². The van der Waals surface area contributed by atoms with Crippen molar-refractivity contribution in [3.8, 4) is 0 Å². The summed E-state index contributed by atoms with van der Waals surface area (Å²) < 4.78 is 1.52. The lowest BCUT2D eigenvalue weighted by Crippen LogP contribution is -2.29. The molecule has 1 aromatic rings. The SMILES string of the molecule is CC(C)n1nc(C2CCCNC2)[nH]c1=O. The van der Waals surface area contributed by atoms with Crippen molar-refractivity contribution in [2.45, 2.75) is 38.6 Å². The first kappa shape index (κ1) is 10.4. The Hall–Kier alpha value is -1.10. The smallest absolute Gasteiger partial charge is 0.316 e. The number of aromatic nitrogens is 3. The molecule has 0 spiro atoms. The van der Waals surface area contributed by atoms with Gasteiger partial charge in [0.25, 0.3) is 0 Å². The molecule has 0 amide bonds. The van der Waals surface area contributed by atoms with Crippen LogP contribution in [0.2, 0.25) is 0 Å². The lowest BCUT2D eigenvalue weighted by Gasteiger charge is -2.20. The molecule has 0 aliphatic carbocycles. The lowest BCUT2D eigenvalue weighted by atomic mass is 9.99. The summed E-state index contributed by atoms with van der Waals surface area (Å²) in [5.41, 5.74) is -0.0921. The van der Waals surface area contributed by atoms with Gasteiger partial charge in [0.15, 0.2) is 0 Å². The second-order valence-corrected chi connectivity index (χ2v) is 4.40. The van der Waals surface area contributed by atoms with Gasteiger partial charge in [-0.05, 0) is 33.2 Å². The zero-order chi connectivity index (χ0) is 10.8. The summed E-state index contributed by atoms with van der Waals surface area (Å²) >= 11 is 0. The molecule has 1 aliphatic heterocycles. The van der Waals surface area contributed by atoms with Crippen molar-refractivity contribution < 1.29 is 0 Å². The summed E-state index contributed by atoms with van der Waals surface area (Å²) in [7, 11) is 0. The normalized spacial score (nSPS) is 22.2. The Bertz CT molecular complexity index is 373. The van der Waals surface area contributed by atoms with E-state index in [-0.39, 0.29) is 11.7 Å². The quantitative estimate of drug-likeness (QED) is 0.752. The minimum Gasteiger partial charge on any atom is -0.316 e. The van der Waals surface area contributed by atoms with E-state index in [2.05, 4.69) is 15.4 Å². The molecular weight excluding hydrogens is 192 g/mol. The molecule has 5 nitrogen and oxygen atoms in total. The summed E-state index contributed by atoms with van der Waals surface area (Å²) in [5.74, 6) is 1.20. The predicted molar refractivity (Wildman–Crippen MR) is 58.1 cm³/mol. The third-order valence-electron chi connectivity index (χ3n) is 2.83. The van der Waals surface area contributed by atoms with Gasteiger partial charge in [-0.25, -0.2) is 9.48 Å². The van der Waals surface area contributed by atoms with Crippen LogP contribution in [0, 0.1) is 0 Å². The molecule has 2 N–H and O–H groups in total. The van der Waals surface area contributed by atoms with Gasteiger partial charge in [0.05, 0.1) is 6.04 Å². The fourth-order valence-corrected chi connectivity index (χ4v) is 1.97. The van der Waals surface area contributed by atoms with Crippen LogP contribution in [-0.2, 0) is 0 Å². The summed E-state index contributed by atoms with van der Waals surface area (Å²) in [6.45, 7) is 5.92. The summed E-state index contributed by atoms with van der Waals surface area (Å²) in [4.78, 5) is 14.4. The van der Waals surface area contributed by atoms with Crippen LogP contribution in [0.15, 0.2) is 4.79 Å². The van der Waals surface area contributed by atoms with Gasteiger partial charge in [-0.1, -0.05) is 0 Å². The average molecular weight is 210 g/mol. The fourth-order valence-electron chi connectivity index (χ4n) is 1.97. The van der Waals surface area contributed by atoms with Crippen molar-refractivity contribution in [3.05, 3.63) is 16.3 Å². The van der Waals surface area contributed by atoms with E-state index < -0.39 is 0 Å². The number of aromatic amines is 1. The number of nitrogens with zero attached hydrogens (tertiary/aromatic N) is 2. The van der Waals surface area contributed by atoms with Crippen molar-refractivity contribution in [1.29, 1.82) is 0 Å². The maximum Gasteiger partial charge on any atom is 0.343 e. The first-order valence-corrected chi connectivity index (χ1v) is 5.58. The molecule has 1 aliphatic rings. The van der Waals surface area contributed by atoms with E-state index in [9.17, 15) is 4.79 Å². The number of hydrogen-bond acceptors (Lipinski definition) is 3. The third-order valence-corrected chi connectivity index (χ3v) is 2.83. The second-order valence-electron chi connectivity index (χ2n) is 4.40. The Balaban J connectivity index is 2.21. The molecule has 2 heterocycles. The first-order valence-electron chi connectivity index (χ1n) is 5.58. The van der Waals surface area contributed by atoms with Gasteiger partial charge in [0.1, 0.15) is 5.82 Å². The maximum atomic E-state index is 11.5. The zero-order valence-corrected chi connectivity index (χ0v) is 9.29. The Morgan fingerprint density at radius 1 is 1.53 bits per heavy atom. The highest BCUT2D eigenvalue weighted by atomic mass is 16.2. The van der Waals surface area contributed by atoms with Crippen molar-refractivity contribution in [1.82, 2.24) is 20.1 Å². The van der Waals surface area contributed by atoms with Gasteiger partial charge < -0.3 is 5.32 Å². The summed E-state index contributed by atoms with van der Waals surface area (Å²) in [6.07, 6.45) is 2.26. The molecule has 1 fully saturated rings. The molecule has 0 aromatic carbocycles. The van der Waals surface area contributed by atoms with Gasteiger partial charge in [-0.3, -0.25) is 4.98 Å². The Morgan fingerprint density at radius 2 is 2.33 bits per heavy atom. The molecule has 15 heavy (non-hydrogen) atoms. The molecule has 1 aromatic heterocycles. The molecule has 1 atom stereocenters. The number of piperidine rings is 1. The minimum atomic E-state index is -0.0921. The molecular formula is C10H18N4O. The average Bonchev–Trinajstić information content (AvgIpc) is 2.62. The molecule has 2 rings (SSSR count). The molecule has 0 bridgehead atoms. The van der Waals surface area contributed by atoms with E-state index in [4.69, 9.17) is 0 Å². The number of rotatable bonds is 2. The molecule has 5 heteroatoms. The maximum absolute atomic E-state index is 11.5. The number of nitrogens with one attached hydrogen (secondary N) is 2. The Morgan fingerprint density at radius 3 is 2.87 bits per heavy atom. The highest BCUT2D eigenvalue weighted by Crippen LogP contribution is 2.18. The van der Waals surface area contributed by atoms with Gasteiger partial charge in [0, 0.05) is 12.5 Å². The summed E-state index contributed by atoms with van der Waals surface area (Å²) in [5, 5.41) is 7.66. The molecule has 84 valence electrons. The first-order chi connectivity index (χ1) is 7.18. The third kappa shape index (κ3) is 2.12. The standard InChI is InChI=1S/C10H18N4O/c1-7(2)14-10(15)12-9(13-14)8-4-3-5-11-6-8/h7-8,11H,3-6H2,1-2H3,(H,12,13,15). The number of H-pyrrole nitrogens is 1. The van der Waals surface area contributed by atoms with E-state index in [1.807, 2.05) is 13.8 Å². The second kappa shape index (κ2) is 4.18. The number of hydrogen-bond donors (Lipinski definition) is 2. The Kier molecular flexibility index (Phi) is 2.90. The van der Waals surface area contributed by atoms with E-state index in [0.717, 1.165) is 31.8 Å². The summed E-state index contributed by atoms with van der Waals surface area (Å²) in [6, 6.07) is 0.124. The van der Waals surface area contributed by atoms with Crippen LogP contribution in [0.1, 0.15) is 44.5 Å². The van der Waals surface area contributed by atoms with E-state index >= 15 is 0 Å². The van der Waals surface area contributed by atoms with Crippen molar-refractivity contribution in [2.24, 2.45) is 0 Å². The molecule has 0 saturated carbocycles. The largest absolute Gasteiger partial charge is 0.343 e. The minimum absolute atomic E-state index is 0.0921. The van der Waals surface area contributed by atoms with Crippen LogP contribution in [-0.4, -0.2) is 27.9 Å². The van der Waals surface area contributed by atoms with E-state index in [0.29, 0.717) is 5.92 Å². The van der Waals surface area contributed by atoms with Crippen LogP contribution < -0.4 is 11.0 Å². The lowest BCUT2D eigenvalue weighted by molar-refractivity contribution is 0.438. The van der Waals surface area contributed by atoms with E-state index in [1.54, 1.807) is 0 Å². The van der Waals surface area contributed by atoms with Crippen LogP contribution in [0.25, 0.3) is 0 Å². The van der Waals surface area contributed by atoms with Gasteiger partial charge in [-0.15, -0.1) is 0 Å². The molecule has 1 unspecified atom stereocenters. The van der Waals surface area contributed by atoms with Crippen LogP contribution in [0.3, 0.4) is 0 Å². The van der Waals surface area contributed by atoms with Gasteiger partial charge in [0.2, 0.25) is 0 Å². The molecule has 0 radical (unpaired) electrons. The highest BCUT2D eigenvalue weighted by molar-refractivity contribution is 4.97. The van der Waals surface area contributed by atoms with Gasteiger partial charge >= 0.3 is 5.69 Å². The monoisotopic (exact) mass is 210 g/mol. The fraction of sp³-hybridized carbons (Fsp3) is 0.800. The van der Waals surface area contributed by atoms with Gasteiger partial charge in [-0.2, -0.15) is 5.10 Å². The van der Waals surface area contributed by atoms with Crippen LogP contribution in [0.5, 0.6) is 0 Å². The van der Waals surface area contributed by atoms with Crippen LogP contribution in [0.4, 0.5) is 0 Å². The molecule has 1 saturated heterocycles. The zero-order valence-electron chi connectivity index (χ0n) is 9.29.